The lowest BCUT2D eigenvalue weighted by Crippen LogP contribution is -2.26. The molecular weight excluding hydrogens is 273 g/mol. The van der Waals surface area contributed by atoms with Crippen LogP contribution in [0, 0.1) is 19.7 Å². The van der Waals surface area contributed by atoms with Gasteiger partial charge in [0.05, 0.1) is 5.69 Å². The summed E-state index contributed by atoms with van der Waals surface area (Å²) in [6.07, 6.45) is 1.83. The Morgan fingerprint density at radius 2 is 1.68 bits per heavy atom. The van der Waals surface area contributed by atoms with E-state index in [0.29, 0.717) is 0 Å². The number of hydrogen-bond donors (Lipinski definition) is 0. The Morgan fingerprint density at radius 3 is 2.45 bits per heavy atom. The number of benzene rings is 2. The van der Waals surface area contributed by atoms with E-state index in [9.17, 15) is 4.39 Å². The summed E-state index contributed by atoms with van der Waals surface area (Å²) >= 11 is 0. The summed E-state index contributed by atoms with van der Waals surface area (Å²) in [6, 6.07) is 9.75. The molecule has 22 heavy (non-hydrogen) atoms. The summed E-state index contributed by atoms with van der Waals surface area (Å²) < 4.78 is 14.7. The molecule has 1 aliphatic carbocycles. The van der Waals surface area contributed by atoms with E-state index < -0.39 is 0 Å². The summed E-state index contributed by atoms with van der Waals surface area (Å²) in [6.45, 7) is 8.36. The zero-order valence-electron chi connectivity index (χ0n) is 13.3. The number of aryl methyl sites for hydroxylation is 2. The molecule has 3 aromatic rings. The molecule has 1 nitrogen and oxygen atoms in total. The van der Waals surface area contributed by atoms with Crippen molar-refractivity contribution in [1.82, 2.24) is 4.98 Å². The maximum absolute atomic E-state index is 14.7. The van der Waals surface area contributed by atoms with Crippen molar-refractivity contribution in [3.63, 3.8) is 0 Å². The van der Waals surface area contributed by atoms with Crippen LogP contribution in [0.4, 0.5) is 4.39 Å². The van der Waals surface area contributed by atoms with Gasteiger partial charge in [-0.05, 0) is 48.1 Å². The van der Waals surface area contributed by atoms with Gasteiger partial charge in [-0.15, -0.1) is 0 Å². The van der Waals surface area contributed by atoms with Gasteiger partial charge in [0.25, 0.3) is 0 Å². The molecule has 1 aliphatic rings. The fourth-order valence-electron chi connectivity index (χ4n) is 3.89. The van der Waals surface area contributed by atoms with E-state index in [0.717, 1.165) is 27.9 Å². The fraction of sp³-hybridized carbons (Fsp3) is 0.250. The van der Waals surface area contributed by atoms with Gasteiger partial charge in [0.2, 0.25) is 0 Å². The van der Waals surface area contributed by atoms with Crippen LogP contribution in [0.1, 0.15) is 36.1 Å². The first-order chi connectivity index (χ1) is 10.4. The lowest BCUT2D eigenvalue weighted by atomic mass is 9.68. The van der Waals surface area contributed by atoms with Crippen LogP contribution in [-0.2, 0) is 5.41 Å². The molecule has 1 heterocycles. The molecule has 110 valence electrons. The highest BCUT2D eigenvalue weighted by molar-refractivity contribution is 6.03. The van der Waals surface area contributed by atoms with Crippen LogP contribution in [0.5, 0.6) is 0 Å². The summed E-state index contributed by atoms with van der Waals surface area (Å²) in [5.41, 5.74) is 5.76. The van der Waals surface area contributed by atoms with E-state index in [1.54, 1.807) is 6.07 Å². The monoisotopic (exact) mass is 291 g/mol. The van der Waals surface area contributed by atoms with Crippen molar-refractivity contribution < 1.29 is 4.39 Å². The van der Waals surface area contributed by atoms with Crippen LogP contribution < -0.4 is 0 Å². The highest BCUT2D eigenvalue weighted by Gasteiger charge is 2.37. The number of pyridine rings is 1. The van der Waals surface area contributed by atoms with Gasteiger partial charge in [0.1, 0.15) is 5.82 Å². The second-order valence-electron chi connectivity index (χ2n) is 6.75. The Balaban J connectivity index is 2.32. The van der Waals surface area contributed by atoms with Crippen LogP contribution in [0.2, 0.25) is 0 Å². The number of aromatic nitrogens is 1. The van der Waals surface area contributed by atoms with Crippen molar-refractivity contribution in [3.8, 4) is 11.3 Å². The van der Waals surface area contributed by atoms with E-state index >= 15 is 0 Å². The molecule has 0 aliphatic heterocycles. The molecule has 0 bridgehead atoms. The topological polar surface area (TPSA) is 12.9 Å². The fourth-order valence-corrected chi connectivity index (χ4v) is 3.89. The Bertz CT molecular complexity index is 938. The predicted octanol–water partition coefficient (Wildman–Crippen LogP) is 5.30. The minimum Gasteiger partial charge on any atom is -0.256 e. The maximum Gasteiger partial charge on any atom is 0.127 e. The predicted molar refractivity (Wildman–Crippen MR) is 88.7 cm³/mol. The van der Waals surface area contributed by atoms with Crippen LogP contribution in [0.15, 0.2) is 36.5 Å². The molecule has 4 rings (SSSR count). The number of fused-ring (bicyclic) bond motifs is 2. The molecule has 0 radical (unpaired) electrons. The smallest absolute Gasteiger partial charge is 0.127 e. The van der Waals surface area contributed by atoms with Crippen LogP contribution in [0.25, 0.3) is 22.0 Å². The van der Waals surface area contributed by atoms with Gasteiger partial charge in [-0.1, -0.05) is 32.0 Å². The molecule has 0 saturated heterocycles. The van der Waals surface area contributed by atoms with E-state index in [1.807, 2.05) is 19.2 Å². The second-order valence-corrected chi connectivity index (χ2v) is 6.75. The summed E-state index contributed by atoms with van der Waals surface area (Å²) in [5.74, 6) is -0.143. The molecule has 0 saturated carbocycles. The standard InChI is InChI=1S/C20H18FN/c1-11-5-7-14-17-13(11)9-10-22-19(17)16-12(2)6-8-15(21)18(16)20(14,3)4/h5-10H,1-4H3. The quantitative estimate of drug-likeness (QED) is 0.548. The molecule has 0 amide bonds. The van der Waals surface area contributed by atoms with E-state index in [-0.39, 0.29) is 11.2 Å². The van der Waals surface area contributed by atoms with Gasteiger partial charge in [-0.2, -0.15) is 0 Å². The van der Waals surface area contributed by atoms with Crippen LogP contribution in [-0.4, -0.2) is 4.98 Å². The van der Waals surface area contributed by atoms with E-state index in [4.69, 9.17) is 0 Å². The van der Waals surface area contributed by atoms with Crippen molar-refractivity contribution in [3.05, 3.63) is 64.6 Å². The highest BCUT2D eigenvalue weighted by Crippen LogP contribution is 2.49. The molecule has 2 aromatic carbocycles. The van der Waals surface area contributed by atoms with E-state index in [2.05, 4.69) is 44.0 Å². The molecular formula is C20H18FN. The van der Waals surface area contributed by atoms with E-state index in [1.165, 1.54) is 16.3 Å². The van der Waals surface area contributed by atoms with Gasteiger partial charge >= 0.3 is 0 Å². The van der Waals surface area contributed by atoms with Gasteiger partial charge in [0, 0.05) is 28.1 Å². The van der Waals surface area contributed by atoms with Crippen molar-refractivity contribution in [2.75, 3.05) is 0 Å². The molecule has 2 heteroatoms. The molecule has 0 N–H and O–H groups in total. The third kappa shape index (κ3) is 1.50. The van der Waals surface area contributed by atoms with Crippen LogP contribution in [0.3, 0.4) is 0 Å². The summed E-state index contributed by atoms with van der Waals surface area (Å²) in [5, 5.41) is 2.39. The number of nitrogens with zero attached hydrogens (tertiary/aromatic N) is 1. The molecule has 0 unspecified atom stereocenters. The van der Waals surface area contributed by atoms with Crippen LogP contribution >= 0.6 is 0 Å². The van der Waals surface area contributed by atoms with Gasteiger partial charge in [0.15, 0.2) is 0 Å². The first-order valence-corrected chi connectivity index (χ1v) is 7.61. The molecule has 0 fully saturated rings. The van der Waals surface area contributed by atoms with Gasteiger partial charge in [-0.3, -0.25) is 4.98 Å². The first kappa shape index (κ1) is 13.4. The third-order valence-corrected chi connectivity index (χ3v) is 5.04. The minimum absolute atomic E-state index is 0.143. The second kappa shape index (κ2) is 4.16. The average Bonchev–Trinajstić information content (AvgIpc) is 2.48. The summed E-state index contributed by atoms with van der Waals surface area (Å²) in [7, 11) is 0. The SMILES string of the molecule is Cc1ccc(F)c2c1-c1nccc3c(C)ccc(c13)C2(C)C. The van der Waals surface area contributed by atoms with Crippen molar-refractivity contribution in [2.24, 2.45) is 0 Å². The van der Waals surface area contributed by atoms with Gasteiger partial charge < -0.3 is 0 Å². The average molecular weight is 291 g/mol. The number of halogens is 1. The van der Waals surface area contributed by atoms with Crippen molar-refractivity contribution in [2.45, 2.75) is 33.1 Å². The molecule has 0 spiro atoms. The lowest BCUT2D eigenvalue weighted by Gasteiger charge is -2.35. The minimum atomic E-state index is -0.368. The van der Waals surface area contributed by atoms with Crippen molar-refractivity contribution >= 4 is 10.8 Å². The third-order valence-electron chi connectivity index (χ3n) is 5.04. The number of rotatable bonds is 0. The Kier molecular flexibility index (Phi) is 2.54. The molecule has 0 atom stereocenters. The Labute approximate surface area is 129 Å². The Morgan fingerprint density at radius 1 is 0.955 bits per heavy atom. The highest BCUT2D eigenvalue weighted by atomic mass is 19.1. The normalized spacial score (nSPS) is 15.0. The number of hydrogen-bond acceptors (Lipinski definition) is 1. The zero-order chi connectivity index (χ0) is 15.6. The summed E-state index contributed by atoms with van der Waals surface area (Å²) in [4.78, 5) is 4.62. The van der Waals surface area contributed by atoms with Crippen molar-refractivity contribution in [1.29, 1.82) is 0 Å². The maximum atomic E-state index is 14.7. The Hall–Kier alpha value is -2.22. The lowest BCUT2D eigenvalue weighted by molar-refractivity contribution is 0.549. The largest absolute Gasteiger partial charge is 0.256 e. The zero-order valence-corrected chi connectivity index (χ0v) is 13.3. The molecule has 1 aromatic heterocycles. The first-order valence-electron chi connectivity index (χ1n) is 7.61. The van der Waals surface area contributed by atoms with Gasteiger partial charge in [-0.25, -0.2) is 4.39 Å².